The molecule has 8 nitrogen and oxygen atoms in total. The van der Waals surface area contributed by atoms with Crippen molar-refractivity contribution in [1.82, 2.24) is 35.9 Å². The fourth-order valence-corrected chi connectivity index (χ4v) is 4.76. The lowest BCUT2D eigenvalue weighted by Crippen LogP contribution is -2.62. The normalized spacial score (nSPS) is 18.3. The third-order valence-electron chi connectivity index (χ3n) is 6.29. The van der Waals surface area contributed by atoms with E-state index in [1.807, 2.05) is 18.6 Å². The van der Waals surface area contributed by atoms with E-state index in [1.54, 1.807) is 0 Å². The Balaban J connectivity index is 1.28. The van der Waals surface area contributed by atoms with E-state index in [0.717, 1.165) is 65.3 Å². The van der Waals surface area contributed by atoms with Gasteiger partial charge in [-0.15, -0.1) is 10.2 Å². The molecule has 1 aromatic carbocycles. The first-order chi connectivity index (χ1) is 14.3. The van der Waals surface area contributed by atoms with Crippen LogP contribution in [0.25, 0.3) is 33.3 Å². The Morgan fingerprint density at radius 2 is 1.90 bits per heavy atom. The Bertz CT molecular complexity index is 1130. The molecule has 2 aliphatic rings. The zero-order valence-electron chi connectivity index (χ0n) is 16.0. The van der Waals surface area contributed by atoms with Crippen LogP contribution in [0.4, 0.5) is 5.82 Å². The van der Waals surface area contributed by atoms with Crippen LogP contribution in [0.3, 0.4) is 0 Å². The molecule has 2 aliphatic heterocycles. The largest absolute Gasteiger partial charge is 0.354 e. The van der Waals surface area contributed by atoms with E-state index in [1.165, 1.54) is 12.8 Å². The quantitative estimate of drug-likeness (QED) is 0.501. The molecular formula is C21H22N8. The Labute approximate surface area is 167 Å². The predicted molar refractivity (Wildman–Crippen MR) is 111 cm³/mol. The van der Waals surface area contributed by atoms with Crippen molar-refractivity contribution in [3.8, 4) is 22.4 Å². The molecule has 2 fully saturated rings. The fraction of sp³-hybridized carbons (Fsp3) is 0.333. The van der Waals surface area contributed by atoms with E-state index in [-0.39, 0.29) is 0 Å². The topological polar surface area (TPSA) is 98.4 Å². The highest BCUT2D eigenvalue weighted by Crippen LogP contribution is 2.39. The van der Waals surface area contributed by atoms with Gasteiger partial charge in [0.05, 0.1) is 23.6 Å². The number of rotatable bonds is 3. The number of anilines is 1. The van der Waals surface area contributed by atoms with E-state index < -0.39 is 0 Å². The molecule has 3 aromatic heterocycles. The maximum atomic E-state index is 4.53. The Kier molecular flexibility index (Phi) is 3.67. The number of aromatic nitrogens is 6. The van der Waals surface area contributed by atoms with Crippen LogP contribution in [-0.4, -0.2) is 56.8 Å². The van der Waals surface area contributed by atoms with Crippen LogP contribution in [0, 0.1) is 5.41 Å². The average Bonchev–Trinajstić information content (AvgIpc) is 3.44. The molecule has 6 rings (SSSR count). The molecule has 0 saturated carbocycles. The second kappa shape index (κ2) is 6.38. The lowest BCUT2D eigenvalue weighted by atomic mass is 9.74. The molecule has 0 radical (unpaired) electrons. The van der Waals surface area contributed by atoms with Gasteiger partial charge in [-0.25, -0.2) is 0 Å². The predicted octanol–water partition coefficient (Wildman–Crippen LogP) is 2.60. The van der Waals surface area contributed by atoms with E-state index in [0.29, 0.717) is 5.41 Å². The van der Waals surface area contributed by atoms with E-state index in [9.17, 15) is 0 Å². The number of H-pyrrole nitrogens is 2. The summed E-state index contributed by atoms with van der Waals surface area (Å²) in [6.07, 6.45) is 8.13. The Morgan fingerprint density at radius 1 is 0.966 bits per heavy atom. The zero-order valence-corrected chi connectivity index (χ0v) is 16.0. The molecule has 146 valence electrons. The summed E-state index contributed by atoms with van der Waals surface area (Å²) in [5, 5.41) is 27.9. The number of benzene rings is 1. The molecule has 0 unspecified atom stereocenters. The number of nitrogens with one attached hydrogen (secondary N) is 3. The standard InChI is InChI=1S/C21H22N8/c1-6-21(11-22-7-1)12-29(13-21)19-5-4-18(26-27-19)16-3-2-15(14-8-23-24-9-14)17-10-25-28-20(16)17/h2-5,8-10,22H,1,6-7,11-13H2,(H,23,24)(H,25,28). The van der Waals surface area contributed by atoms with Crippen molar-refractivity contribution >= 4 is 16.7 Å². The van der Waals surface area contributed by atoms with Crippen LogP contribution >= 0.6 is 0 Å². The lowest BCUT2D eigenvalue weighted by molar-refractivity contribution is 0.155. The van der Waals surface area contributed by atoms with Gasteiger partial charge in [-0.3, -0.25) is 10.2 Å². The summed E-state index contributed by atoms with van der Waals surface area (Å²) in [5.41, 5.74) is 5.36. The molecule has 29 heavy (non-hydrogen) atoms. The van der Waals surface area contributed by atoms with E-state index in [4.69, 9.17) is 0 Å². The minimum Gasteiger partial charge on any atom is -0.354 e. The summed E-state index contributed by atoms with van der Waals surface area (Å²) in [5.74, 6) is 0.959. The van der Waals surface area contributed by atoms with Gasteiger partial charge in [0.15, 0.2) is 5.82 Å². The molecular weight excluding hydrogens is 364 g/mol. The van der Waals surface area contributed by atoms with Gasteiger partial charge in [-0.2, -0.15) is 10.2 Å². The first-order valence-corrected chi connectivity index (χ1v) is 10.1. The monoisotopic (exact) mass is 386 g/mol. The fourth-order valence-electron chi connectivity index (χ4n) is 4.76. The van der Waals surface area contributed by atoms with Crippen molar-refractivity contribution in [3.63, 3.8) is 0 Å². The Morgan fingerprint density at radius 3 is 2.66 bits per heavy atom. The van der Waals surface area contributed by atoms with Crippen molar-refractivity contribution in [3.05, 3.63) is 42.9 Å². The van der Waals surface area contributed by atoms with Crippen LogP contribution in [-0.2, 0) is 0 Å². The molecule has 0 aliphatic carbocycles. The van der Waals surface area contributed by atoms with Crippen molar-refractivity contribution < 1.29 is 0 Å². The third-order valence-corrected chi connectivity index (χ3v) is 6.29. The van der Waals surface area contributed by atoms with Gasteiger partial charge in [-0.1, -0.05) is 6.07 Å². The minimum atomic E-state index is 0.434. The maximum Gasteiger partial charge on any atom is 0.151 e. The van der Waals surface area contributed by atoms with Crippen LogP contribution < -0.4 is 10.2 Å². The van der Waals surface area contributed by atoms with Crippen molar-refractivity contribution in [2.75, 3.05) is 31.1 Å². The summed E-state index contributed by atoms with van der Waals surface area (Å²) in [4.78, 5) is 2.33. The van der Waals surface area contributed by atoms with Crippen LogP contribution in [0.2, 0.25) is 0 Å². The van der Waals surface area contributed by atoms with Crippen molar-refractivity contribution in [1.29, 1.82) is 0 Å². The summed E-state index contributed by atoms with van der Waals surface area (Å²) in [6, 6.07) is 8.29. The number of hydrogen-bond donors (Lipinski definition) is 3. The molecule has 2 saturated heterocycles. The summed E-state index contributed by atoms with van der Waals surface area (Å²) in [7, 11) is 0. The molecule has 0 bridgehead atoms. The molecule has 4 aromatic rings. The zero-order chi connectivity index (χ0) is 19.3. The van der Waals surface area contributed by atoms with E-state index >= 15 is 0 Å². The van der Waals surface area contributed by atoms with Gasteiger partial charge in [-0.05, 0) is 43.1 Å². The van der Waals surface area contributed by atoms with Gasteiger partial charge in [0.2, 0.25) is 0 Å². The van der Waals surface area contributed by atoms with Gasteiger partial charge >= 0.3 is 0 Å². The summed E-state index contributed by atoms with van der Waals surface area (Å²) in [6.45, 7) is 4.41. The van der Waals surface area contributed by atoms with Crippen LogP contribution in [0.1, 0.15) is 12.8 Å². The van der Waals surface area contributed by atoms with Crippen molar-refractivity contribution in [2.24, 2.45) is 5.41 Å². The SMILES string of the molecule is c1n[nH]cc1-c1ccc(-c2ccc(N3CC4(CCCNC4)C3)nn2)c2[nH]ncc12. The van der Waals surface area contributed by atoms with Crippen LogP contribution in [0.5, 0.6) is 0 Å². The molecule has 0 amide bonds. The second-order valence-corrected chi connectivity index (χ2v) is 8.22. The first kappa shape index (κ1) is 16.7. The smallest absolute Gasteiger partial charge is 0.151 e. The van der Waals surface area contributed by atoms with Gasteiger partial charge in [0.25, 0.3) is 0 Å². The van der Waals surface area contributed by atoms with Gasteiger partial charge in [0.1, 0.15) is 0 Å². The molecule has 0 atom stereocenters. The number of hydrogen-bond acceptors (Lipinski definition) is 6. The first-order valence-electron chi connectivity index (χ1n) is 10.1. The maximum absolute atomic E-state index is 4.53. The summed E-state index contributed by atoms with van der Waals surface area (Å²) < 4.78 is 0. The van der Waals surface area contributed by atoms with Crippen LogP contribution in [0.15, 0.2) is 42.9 Å². The number of fused-ring (bicyclic) bond motifs is 1. The molecule has 8 heteroatoms. The van der Waals surface area contributed by atoms with E-state index in [2.05, 4.69) is 65.1 Å². The average molecular weight is 386 g/mol. The van der Waals surface area contributed by atoms with Crippen molar-refractivity contribution in [2.45, 2.75) is 12.8 Å². The highest BCUT2D eigenvalue weighted by molar-refractivity contribution is 6.01. The highest BCUT2D eigenvalue weighted by Gasteiger charge is 2.44. The lowest BCUT2D eigenvalue weighted by Gasteiger charge is -2.52. The van der Waals surface area contributed by atoms with Gasteiger partial charge < -0.3 is 10.2 Å². The van der Waals surface area contributed by atoms with Gasteiger partial charge in [0, 0.05) is 47.8 Å². The number of aromatic amines is 2. The highest BCUT2D eigenvalue weighted by atomic mass is 15.3. The summed E-state index contributed by atoms with van der Waals surface area (Å²) >= 11 is 0. The second-order valence-electron chi connectivity index (χ2n) is 8.22. The minimum absolute atomic E-state index is 0.434. The number of piperidine rings is 1. The Hall–Kier alpha value is -3.26. The molecule has 5 heterocycles. The molecule has 3 N–H and O–H groups in total. The number of nitrogens with zero attached hydrogens (tertiary/aromatic N) is 5. The molecule has 1 spiro atoms. The third kappa shape index (κ3) is 2.71.